The Kier molecular flexibility index (Phi) is 7.50. The van der Waals surface area contributed by atoms with Gasteiger partial charge in [-0.05, 0) is 40.7 Å². The van der Waals surface area contributed by atoms with Gasteiger partial charge in [0.15, 0.2) is 23.3 Å². The van der Waals surface area contributed by atoms with Gasteiger partial charge in [-0.1, -0.05) is 105 Å². The molecule has 4 rings (SSSR count). The van der Waals surface area contributed by atoms with Crippen LogP contribution in [0.2, 0.25) is 0 Å². The van der Waals surface area contributed by atoms with Crippen molar-refractivity contribution in [2.45, 2.75) is 33.1 Å². The molecule has 0 N–H and O–H groups in total. The lowest BCUT2D eigenvalue weighted by Gasteiger charge is -2.10. The maximum Gasteiger partial charge on any atom is 0.167 e. The fourth-order valence-corrected chi connectivity index (χ4v) is 4.10. The summed E-state index contributed by atoms with van der Waals surface area (Å²) in [6.45, 7) is 3.86. The van der Waals surface area contributed by atoms with E-state index >= 15 is 0 Å². The molecule has 0 radical (unpaired) electrons. The maximum atomic E-state index is 15.0. The molecule has 0 spiro atoms. The van der Waals surface area contributed by atoms with Gasteiger partial charge in [0.1, 0.15) is 0 Å². The molecule has 0 saturated carbocycles. The highest BCUT2D eigenvalue weighted by molar-refractivity contribution is 5.75. The molecule has 0 saturated heterocycles. The number of aryl methyl sites for hydroxylation is 2. The predicted molar refractivity (Wildman–Crippen MR) is 136 cm³/mol. The van der Waals surface area contributed by atoms with Gasteiger partial charge in [-0.15, -0.1) is 0 Å². The van der Waals surface area contributed by atoms with Gasteiger partial charge in [0.25, 0.3) is 0 Å². The minimum atomic E-state index is -0.906. The molecule has 35 heavy (non-hydrogen) atoms. The zero-order valence-electron chi connectivity index (χ0n) is 19.7. The predicted octanol–water partition coefficient (Wildman–Crippen LogP) is 9.26. The van der Waals surface area contributed by atoms with E-state index in [1.165, 1.54) is 6.08 Å². The average Bonchev–Trinajstić information content (AvgIpc) is 2.88. The number of hydrogen-bond donors (Lipinski definition) is 0. The van der Waals surface area contributed by atoms with Gasteiger partial charge in [-0.2, -0.15) is 0 Å². The van der Waals surface area contributed by atoms with E-state index in [0.29, 0.717) is 23.1 Å². The molecule has 0 nitrogen and oxygen atoms in total. The average molecular weight is 475 g/mol. The second-order valence-corrected chi connectivity index (χ2v) is 8.49. The summed E-state index contributed by atoms with van der Waals surface area (Å²) in [5.74, 6) is -3.50. The third kappa shape index (κ3) is 5.22. The van der Waals surface area contributed by atoms with Gasteiger partial charge in [-0.25, -0.2) is 17.6 Å². The van der Waals surface area contributed by atoms with Crippen LogP contribution in [0.15, 0.2) is 72.8 Å². The molecule has 0 bridgehead atoms. The fourth-order valence-electron chi connectivity index (χ4n) is 4.10. The van der Waals surface area contributed by atoms with Crippen molar-refractivity contribution in [2.75, 3.05) is 0 Å². The molecule has 0 aromatic heterocycles. The Bertz CT molecular complexity index is 1350. The van der Waals surface area contributed by atoms with E-state index in [-0.39, 0.29) is 16.7 Å². The zero-order valence-corrected chi connectivity index (χ0v) is 19.7. The summed E-state index contributed by atoms with van der Waals surface area (Å²) in [6.07, 6.45) is 5.52. The SMILES string of the molecule is CCCc1ccc(-c2ccc(-c3ccc(/C=C/c4ccc(CC)c(F)c4F)cc3)c(F)c2F)cc1. The Morgan fingerprint density at radius 2 is 1.14 bits per heavy atom. The molecular formula is C31H26F4. The Morgan fingerprint density at radius 3 is 1.69 bits per heavy atom. The Morgan fingerprint density at radius 1 is 0.571 bits per heavy atom. The number of benzene rings is 4. The van der Waals surface area contributed by atoms with Crippen LogP contribution in [0.5, 0.6) is 0 Å². The molecule has 0 atom stereocenters. The van der Waals surface area contributed by atoms with Crippen molar-refractivity contribution in [1.29, 1.82) is 0 Å². The van der Waals surface area contributed by atoms with E-state index < -0.39 is 23.3 Å². The van der Waals surface area contributed by atoms with Crippen molar-refractivity contribution in [1.82, 2.24) is 0 Å². The van der Waals surface area contributed by atoms with Crippen LogP contribution in [0.4, 0.5) is 17.6 Å². The van der Waals surface area contributed by atoms with E-state index in [1.807, 2.05) is 24.3 Å². The van der Waals surface area contributed by atoms with Crippen LogP contribution in [0.3, 0.4) is 0 Å². The monoisotopic (exact) mass is 474 g/mol. The number of hydrogen-bond acceptors (Lipinski definition) is 0. The first-order valence-corrected chi connectivity index (χ1v) is 11.8. The highest BCUT2D eigenvalue weighted by Crippen LogP contribution is 2.32. The van der Waals surface area contributed by atoms with Gasteiger partial charge in [-0.3, -0.25) is 0 Å². The minimum absolute atomic E-state index is 0.148. The first kappa shape index (κ1) is 24.5. The molecule has 4 aromatic rings. The normalized spacial score (nSPS) is 11.4. The van der Waals surface area contributed by atoms with Crippen LogP contribution < -0.4 is 0 Å². The molecule has 0 unspecified atom stereocenters. The van der Waals surface area contributed by atoms with Crippen LogP contribution >= 0.6 is 0 Å². The number of rotatable bonds is 7. The van der Waals surface area contributed by atoms with Gasteiger partial charge in [0, 0.05) is 16.7 Å². The lowest BCUT2D eigenvalue weighted by Crippen LogP contribution is -1.95. The largest absolute Gasteiger partial charge is 0.203 e. The first-order chi connectivity index (χ1) is 16.9. The third-order valence-corrected chi connectivity index (χ3v) is 6.14. The molecular weight excluding hydrogens is 448 g/mol. The van der Waals surface area contributed by atoms with E-state index in [4.69, 9.17) is 0 Å². The highest BCUT2D eigenvalue weighted by Gasteiger charge is 2.16. The quantitative estimate of drug-likeness (QED) is 0.185. The molecule has 0 aliphatic heterocycles. The second kappa shape index (κ2) is 10.7. The Hall–Kier alpha value is -3.66. The lowest BCUT2D eigenvalue weighted by atomic mass is 9.97. The fraction of sp³-hybridized carbons (Fsp3) is 0.161. The summed E-state index contributed by atoms with van der Waals surface area (Å²) in [7, 11) is 0. The molecule has 0 amide bonds. The van der Waals surface area contributed by atoms with Crippen LogP contribution in [0, 0.1) is 23.3 Å². The van der Waals surface area contributed by atoms with Gasteiger partial charge >= 0.3 is 0 Å². The molecule has 4 aromatic carbocycles. The van der Waals surface area contributed by atoms with Crippen LogP contribution in [0.1, 0.15) is 42.5 Å². The lowest BCUT2D eigenvalue weighted by molar-refractivity contribution is 0.498. The van der Waals surface area contributed by atoms with Crippen molar-refractivity contribution in [2.24, 2.45) is 0 Å². The Balaban J connectivity index is 1.56. The summed E-state index contributed by atoms with van der Waals surface area (Å²) in [5.41, 5.74) is 3.89. The smallest absolute Gasteiger partial charge is 0.167 e. The summed E-state index contributed by atoms with van der Waals surface area (Å²) < 4.78 is 58.2. The van der Waals surface area contributed by atoms with E-state index in [0.717, 1.165) is 24.0 Å². The van der Waals surface area contributed by atoms with Crippen molar-refractivity contribution in [3.05, 3.63) is 118 Å². The molecule has 0 fully saturated rings. The summed E-state index contributed by atoms with van der Waals surface area (Å²) in [5, 5.41) is 0. The first-order valence-electron chi connectivity index (χ1n) is 11.8. The summed E-state index contributed by atoms with van der Waals surface area (Å²) >= 11 is 0. The van der Waals surface area contributed by atoms with Crippen molar-refractivity contribution in [3.8, 4) is 22.3 Å². The van der Waals surface area contributed by atoms with Gasteiger partial charge in [0.2, 0.25) is 0 Å². The molecule has 4 heteroatoms. The highest BCUT2D eigenvalue weighted by atomic mass is 19.2. The second-order valence-electron chi connectivity index (χ2n) is 8.49. The third-order valence-electron chi connectivity index (χ3n) is 6.14. The van der Waals surface area contributed by atoms with Crippen molar-refractivity contribution < 1.29 is 17.6 Å². The van der Waals surface area contributed by atoms with E-state index in [9.17, 15) is 17.6 Å². The van der Waals surface area contributed by atoms with E-state index in [2.05, 4.69) is 6.92 Å². The van der Waals surface area contributed by atoms with Crippen LogP contribution in [-0.2, 0) is 12.8 Å². The summed E-state index contributed by atoms with van der Waals surface area (Å²) in [4.78, 5) is 0. The molecule has 0 heterocycles. The van der Waals surface area contributed by atoms with Gasteiger partial charge < -0.3 is 0 Å². The van der Waals surface area contributed by atoms with Crippen molar-refractivity contribution in [3.63, 3.8) is 0 Å². The van der Waals surface area contributed by atoms with Crippen molar-refractivity contribution >= 4 is 12.2 Å². The molecule has 0 aliphatic rings. The maximum absolute atomic E-state index is 15.0. The molecule has 0 aliphatic carbocycles. The van der Waals surface area contributed by atoms with Gasteiger partial charge in [0.05, 0.1) is 0 Å². The summed E-state index contributed by atoms with van der Waals surface area (Å²) in [6, 6.07) is 20.6. The Labute approximate surface area is 203 Å². The zero-order chi connectivity index (χ0) is 24.9. The molecule has 178 valence electrons. The minimum Gasteiger partial charge on any atom is -0.203 e. The van der Waals surface area contributed by atoms with Crippen LogP contribution in [-0.4, -0.2) is 0 Å². The standard InChI is InChI=1S/C31H26F4/c1-3-5-20-6-11-23(12-7-20)26-18-19-27(31(35)30(26)34)24-13-8-21(9-14-24)10-15-25-17-16-22(4-2)28(32)29(25)33/h6-19H,3-5H2,1-2H3/b15-10+. The topological polar surface area (TPSA) is 0 Å². The number of halogens is 4. The van der Waals surface area contributed by atoms with E-state index in [1.54, 1.807) is 61.5 Å². The van der Waals surface area contributed by atoms with Crippen LogP contribution in [0.25, 0.3) is 34.4 Å².